The summed E-state index contributed by atoms with van der Waals surface area (Å²) in [6.45, 7) is 2.06. The van der Waals surface area contributed by atoms with Crippen LogP contribution in [0.2, 0.25) is 0 Å². The van der Waals surface area contributed by atoms with Gasteiger partial charge >= 0.3 is 0 Å². The second-order valence-corrected chi connectivity index (χ2v) is 4.60. The summed E-state index contributed by atoms with van der Waals surface area (Å²) in [5.74, 6) is 6.62. The van der Waals surface area contributed by atoms with Gasteiger partial charge in [-0.15, -0.1) is 0 Å². The summed E-state index contributed by atoms with van der Waals surface area (Å²) in [6, 6.07) is 9.92. The largest absolute Gasteiger partial charge is 0.342 e. The van der Waals surface area contributed by atoms with Crippen LogP contribution in [0.25, 0.3) is 0 Å². The number of amides is 1. The predicted octanol–water partition coefficient (Wildman–Crippen LogP) is 0.372. The number of hydrogen-bond acceptors (Lipinski definition) is 2. The molecule has 1 saturated heterocycles. The number of rotatable bonds is 1. The van der Waals surface area contributed by atoms with E-state index in [1.807, 2.05) is 30.3 Å². The molecule has 2 aliphatic rings. The van der Waals surface area contributed by atoms with Crippen molar-refractivity contribution in [2.24, 2.45) is 11.8 Å². The van der Waals surface area contributed by atoms with Gasteiger partial charge in [0.15, 0.2) is 0 Å². The quantitative estimate of drug-likeness (QED) is 0.679. The molecule has 1 aromatic rings. The molecule has 0 spiro atoms. The van der Waals surface area contributed by atoms with E-state index >= 15 is 0 Å². The summed E-state index contributed by atoms with van der Waals surface area (Å²) < 4.78 is 0. The van der Waals surface area contributed by atoms with Gasteiger partial charge in [-0.3, -0.25) is 4.79 Å². The molecule has 86 valence electrons. The van der Waals surface area contributed by atoms with Gasteiger partial charge in [-0.1, -0.05) is 24.1 Å². The lowest BCUT2D eigenvalue weighted by Gasteiger charge is -2.03. The van der Waals surface area contributed by atoms with E-state index in [0.717, 1.165) is 18.7 Å². The van der Waals surface area contributed by atoms with Gasteiger partial charge in [-0.05, 0) is 24.0 Å². The van der Waals surface area contributed by atoms with Crippen molar-refractivity contribution in [1.82, 2.24) is 10.6 Å². The van der Waals surface area contributed by atoms with E-state index in [1.165, 1.54) is 0 Å². The molecule has 17 heavy (non-hydrogen) atoms. The summed E-state index contributed by atoms with van der Waals surface area (Å²) in [7, 11) is 0. The van der Waals surface area contributed by atoms with E-state index in [2.05, 4.69) is 22.5 Å². The fourth-order valence-corrected chi connectivity index (χ4v) is 2.47. The molecule has 0 bridgehead atoms. The van der Waals surface area contributed by atoms with E-state index < -0.39 is 0 Å². The number of carbonyl (C=O) groups excluding carboxylic acids is 1. The van der Waals surface area contributed by atoms with Gasteiger partial charge in [-0.25, -0.2) is 0 Å². The average molecular weight is 226 g/mol. The lowest BCUT2D eigenvalue weighted by molar-refractivity contribution is -0.115. The van der Waals surface area contributed by atoms with Crippen LogP contribution in [-0.4, -0.2) is 25.0 Å². The van der Waals surface area contributed by atoms with Gasteiger partial charge in [0.05, 0.1) is 0 Å². The lowest BCUT2D eigenvalue weighted by atomic mass is 10.2. The van der Waals surface area contributed by atoms with Crippen LogP contribution in [0.1, 0.15) is 5.56 Å². The molecule has 1 aromatic carbocycles. The molecule has 2 N–H and O–H groups in total. The summed E-state index contributed by atoms with van der Waals surface area (Å²) >= 11 is 0. The highest BCUT2D eigenvalue weighted by Crippen LogP contribution is 2.41. The Hall–Kier alpha value is -1.79. The zero-order chi connectivity index (χ0) is 11.7. The smallest absolute Gasteiger partial charge is 0.296 e. The summed E-state index contributed by atoms with van der Waals surface area (Å²) in [6.07, 6.45) is 0. The van der Waals surface area contributed by atoms with Gasteiger partial charge in [0, 0.05) is 30.6 Å². The van der Waals surface area contributed by atoms with Crippen molar-refractivity contribution in [3.8, 4) is 11.8 Å². The first-order valence-corrected chi connectivity index (χ1v) is 5.93. The molecule has 2 atom stereocenters. The lowest BCUT2D eigenvalue weighted by Crippen LogP contribution is -2.31. The van der Waals surface area contributed by atoms with Crippen molar-refractivity contribution in [3.63, 3.8) is 0 Å². The highest BCUT2D eigenvalue weighted by Gasteiger charge is 2.53. The Bertz CT molecular complexity index is 476. The molecule has 1 aliphatic heterocycles. The Balaban J connectivity index is 1.56. The van der Waals surface area contributed by atoms with E-state index in [-0.39, 0.29) is 5.91 Å². The number of hydrogen-bond donors (Lipinski definition) is 2. The number of benzene rings is 1. The van der Waals surface area contributed by atoms with Gasteiger partial charge in [-0.2, -0.15) is 0 Å². The summed E-state index contributed by atoms with van der Waals surface area (Å²) in [5.41, 5.74) is 0.875. The van der Waals surface area contributed by atoms with Crippen molar-refractivity contribution in [2.45, 2.75) is 6.04 Å². The first-order valence-electron chi connectivity index (χ1n) is 5.93. The monoisotopic (exact) mass is 226 g/mol. The normalized spacial score (nSPS) is 28.8. The topological polar surface area (TPSA) is 41.1 Å². The van der Waals surface area contributed by atoms with Crippen LogP contribution in [0, 0.1) is 23.7 Å². The Labute approximate surface area is 101 Å². The van der Waals surface area contributed by atoms with Gasteiger partial charge in [0.1, 0.15) is 0 Å². The molecule has 2 unspecified atom stereocenters. The van der Waals surface area contributed by atoms with Crippen LogP contribution in [0.5, 0.6) is 0 Å². The van der Waals surface area contributed by atoms with Gasteiger partial charge < -0.3 is 10.6 Å². The predicted molar refractivity (Wildman–Crippen MR) is 65.1 cm³/mol. The highest BCUT2D eigenvalue weighted by molar-refractivity contribution is 5.94. The van der Waals surface area contributed by atoms with Crippen molar-refractivity contribution < 1.29 is 4.79 Å². The second kappa shape index (κ2) is 4.23. The fourth-order valence-electron chi connectivity index (χ4n) is 2.47. The molecule has 1 amide bonds. The first kappa shape index (κ1) is 10.4. The Morgan fingerprint density at radius 2 is 1.94 bits per heavy atom. The van der Waals surface area contributed by atoms with E-state index in [0.29, 0.717) is 17.9 Å². The van der Waals surface area contributed by atoms with Crippen LogP contribution in [0.3, 0.4) is 0 Å². The maximum atomic E-state index is 11.6. The zero-order valence-corrected chi connectivity index (χ0v) is 9.44. The maximum Gasteiger partial charge on any atom is 0.296 e. The Morgan fingerprint density at radius 3 is 2.65 bits per heavy atom. The maximum absolute atomic E-state index is 11.6. The van der Waals surface area contributed by atoms with Crippen molar-refractivity contribution >= 4 is 5.91 Å². The van der Waals surface area contributed by atoms with E-state index in [1.54, 1.807) is 0 Å². The minimum absolute atomic E-state index is 0.159. The molecule has 1 aliphatic carbocycles. The highest BCUT2D eigenvalue weighted by atomic mass is 16.1. The molecule has 3 rings (SSSR count). The molecular formula is C14H14N2O. The third-order valence-electron chi connectivity index (χ3n) is 3.48. The van der Waals surface area contributed by atoms with E-state index in [4.69, 9.17) is 0 Å². The van der Waals surface area contributed by atoms with Gasteiger partial charge in [0.2, 0.25) is 0 Å². The number of carbonyl (C=O) groups is 1. The number of fused-ring (bicyclic) bond motifs is 1. The van der Waals surface area contributed by atoms with Crippen LogP contribution >= 0.6 is 0 Å². The van der Waals surface area contributed by atoms with Crippen molar-refractivity contribution in [3.05, 3.63) is 35.9 Å². The molecule has 0 aromatic heterocycles. The third kappa shape index (κ3) is 2.17. The van der Waals surface area contributed by atoms with Crippen LogP contribution in [0.15, 0.2) is 30.3 Å². The van der Waals surface area contributed by atoms with Crippen LogP contribution in [0.4, 0.5) is 0 Å². The first-order chi connectivity index (χ1) is 8.34. The third-order valence-corrected chi connectivity index (χ3v) is 3.48. The Kier molecular flexibility index (Phi) is 2.58. The SMILES string of the molecule is O=C(C#Cc1ccccc1)NC1C2CNCC21. The zero-order valence-electron chi connectivity index (χ0n) is 9.44. The number of piperidine rings is 1. The number of nitrogens with one attached hydrogen (secondary N) is 2. The molecule has 1 saturated carbocycles. The summed E-state index contributed by atoms with van der Waals surface area (Å²) in [4.78, 5) is 11.6. The average Bonchev–Trinajstić information content (AvgIpc) is 2.79. The standard InChI is InChI=1S/C14H14N2O/c17-13(7-6-10-4-2-1-3-5-10)16-14-11-8-15-9-12(11)14/h1-5,11-12,14-15H,8-9H2,(H,16,17). The molecule has 3 nitrogen and oxygen atoms in total. The molecular weight excluding hydrogens is 212 g/mol. The van der Waals surface area contributed by atoms with Crippen LogP contribution < -0.4 is 10.6 Å². The van der Waals surface area contributed by atoms with Gasteiger partial charge in [0.25, 0.3) is 5.91 Å². The molecule has 1 heterocycles. The Morgan fingerprint density at radius 1 is 1.24 bits per heavy atom. The van der Waals surface area contributed by atoms with Crippen molar-refractivity contribution in [1.29, 1.82) is 0 Å². The van der Waals surface area contributed by atoms with E-state index in [9.17, 15) is 4.79 Å². The minimum Gasteiger partial charge on any atom is -0.342 e. The summed E-state index contributed by atoms with van der Waals surface area (Å²) in [5, 5.41) is 6.27. The molecule has 2 fully saturated rings. The van der Waals surface area contributed by atoms with Crippen molar-refractivity contribution in [2.75, 3.05) is 13.1 Å². The minimum atomic E-state index is -0.159. The molecule has 0 radical (unpaired) electrons. The fraction of sp³-hybridized carbons (Fsp3) is 0.357. The van der Waals surface area contributed by atoms with Crippen LogP contribution in [-0.2, 0) is 4.79 Å². The second-order valence-electron chi connectivity index (χ2n) is 4.60. The molecule has 3 heteroatoms.